The molecule has 0 aliphatic rings. The van der Waals surface area contributed by atoms with Crippen molar-refractivity contribution in [1.82, 2.24) is 15.2 Å². The second-order valence-electron chi connectivity index (χ2n) is 3.88. The fourth-order valence-electron chi connectivity index (χ4n) is 1.60. The van der Waals surface area contributed by atoms with Crippen LogP contribution in [0.4, 0.5) is 0 Å². The zero-order valence-electron chi connectivity index (χ0n) is 9.99. The number of nitrogens with one attached hydrogen (secondary N) is 1. The van der Waals surface area contributed by atoms with Crippen LogP contribution in [0.2, 0.25) is 5.15 Å². The Morgan fingerprint density at radius 3 is 2.83 bits per heavy atom. The molecule has 0 spiro atoms. The van der Waals surface area contributed by atoms with Gasteiger partial charge in [-0.1, -0.05) is 23.4 Å². The lowest BCUT2D eigenvalue weighted by Crippen LogP contribution is -1.94. The van der Waals surface area contributed by atoms with E-state index in [9.17, 15) is 0 Å². The lowest BCUT2D eigenvalue weighted by Gasteiger charge is -2.06. The third-order valence-corrected chi connectivity index (χ3v) is 3.61. The normalized spacial score (nSPS) is 10.3. The van der Waals surface area contributed by atoms with E-state index in [1.54, 1.807) is 6.07 Å². The van der Waals surface area contributed by atoms with Gasteiger partial charge in [-0.3, -0.25) is 5.10 Å². The Balaban J connectivity index is 2.21. The summed E-state index contributed by atoms with van der Waals surface area (Å²) < 4.78 is 0. The second-order valence-corrected chi connectivity index (χ2v) is 5.23. The fraction of sp³-hybridized carbons (Fsp3) is 0.250. The summed E-state index contributed by atoms with van der Waals surface area (Å²) >= 11 is 7.23. The molecule has 0 aromatic carbocycles. The number of halogens is 1. The topological polar surface area (TPSA) is 65.4 Å². The van der Waals surface area contributed by atoms with Crippen LogP contribution in [0.5, 0.6) is 0 Å². The van der Waals surface area contributed by atoms with Crippen LogP contribution in [0.15, 0.2) is 17.2 Å². The Kier molecular flexibility index (Phi) is 3.90. The lowest BCUT2D eigenvalue weighted by molar-refractivity contribution is 1.01. The molecule has 0 atom stereocenters. The minimum atomic E-state index is 0.444. The first-order chi connectivity index (χ1) is 8.60. The maximum atomic E-state index is 9.15. The van der Waals surface area contributed by atoms with E-state index in [1.807, 2.05) is 19.9 Å². The summed E-state index contributed by atoms with van der Waals surface area (Å²) in [6, 6.07) is 5.88. The van der Waals surface area contributed by atoms with Crippen molar-refractivity contribution in [2.75, 3.05) is 0 Å². The third kappa shape index (κ3) is 2.84. The van der Waals surface area contributed by atoms with Gasteiger partial charge in [0.2, 0.25) is 0 Å². The first-order valence-electron chi connectivity index (χ1n) is 5.31. The van der Waals surface area contributed by atoms with Gasteiger partial charge in [-0.05, 0) is 31.5 Å². The van der Waals surface area contributed by atoms with Crippen molar-refractivity contribution in [1.29, 1.82) is 5.26 Å². The maximum absolute atomic E-state index is 9.15. The van der Waals surface area contributed by atoms with Crippen molar-refractivity contribution in [3.05, 3.63) is 39.8 Å². The van der Waals surface area contributed by atoms with E-state index < -0.39 is 0 Å². The standard InChI is InChI=1S/C12H11ClN4S/c1-7-3-8(2)15-12(10(7)5-14)18-6-9-4-11(13)17-16-9/h3-4H,6H2,1-2H3,(H,16,17). The number of pyridine rings is 1. The monoisotopic (exact) mass is 278 g/mol. The van der Waals surface area contributed by atoms with Gasteiger partial charge < -0.3 is 0 Å². The number of hydrogen-bond donors (Lipinski definition) is 1. The fourth-order valence-corrected chi connectivity index (χ4v) is 2.77. The number of rotatable bonds is 3. The zero-order chi connectivity index (χ0) is 13.1. The highest BCUT2D eigenvalue weighted by Gasteiger charge is 2.10. The van der Waals surface area contributed by atoms with Crippen molar-refractivity contribution in [3.63, 3.8) is 0 Å². The van der Waals surface area contributed by atoms with E-state index in [-0.39, 0.29) is 0 Å². The van der Waals surface area contributed by atoms with E-state index in [0.29, 0.717) is 16.5 Å². The van der Waals surface area contributed by atoms with Gasteiger partial charge in [0.05, 0.1) is 5.56 Å². The first kappa shape index (κ1) is 12.9. The van der Waals surface area contributed by atoms with E-state index in [0.717, 1.165) is 22.0 Å². The summed E-state index contributed by atoms with van der Waals surface area (Å²) in [7, 11) is 0. The summed E-state index contributed by atoms with van der Waals surface area (Å²) in [5.74, 6) is 0.657. The van der Waals surface area contributed by atoms with Gasteiger partial charge in [0, 0.05) is 17.1 Å². The van der Waals surface area contributed by atoms with Crippen LogP contribution >= 0.6 is 23.4 Å². The molecule has 0 aliphatic carbocycles. The molecule has 0 bridgehead atoms. The molecule has 0 saturated heterocycles. The largest absolute Gasteiger partial charge is 0.280 e. The third-order valence-electron chi connectivity index (χ3n) is 2.39. The van der Waals surface area contributed by atoms with Crippen LogP contribution < -0.4 is 0 Å². The van der Waals surface area contributed by atoms with Crippen molar-refractivity contribution < 1.29 is 0 Å². The zero-order valence-corrected chi connectivity index (χ0v) is 11.6. The molecule has 2 heterocycles. The molecule has 6 heteroatoms. The molecular formula is C12H11ClN4S. The van der Waals surface area contributed by atoms with Gasteiger partial charge in [-0.25, -0.2) is 4.98 Å². The molecule has 2 rings (SSSR count). The Hall–Kier alpha value is -1.51. The molecule has 92 valence electrons. The Morgan fingerprint density at radius 2 is 2.22 bits per heavy atom. The molecule has 0 fully saturated rings. The summed E-state index contributed by atoms with van der Waals surface area (Å²) in [5.41, 5.74) is 3.41. The molecule has 4 nitrogen and oxygen atoms in total. The molecule has 0 aliphatic heterocycles. The molecule has 2 aromatic rings. The van der Waals surface area contributed by atoms with Gasteiger partial charge in [0.25, 0.3) is 0 Å². The second kappa shape index (κ2) is 5.42. The minimum absolute atomic E-state index is 0.444. The van der Waals surface area contributed by atoms with E-state index in [2.05, 4.69) is 21.3 Å². The van der Waals surface area contributed by atoms with Crippen LogP contribution in [0.3, 0.4) is 0 Å². The number of aromatic amines is 1. The Labute approximate surface area is 114 Å². The molecule has 0 radical (unpaired) electrons. The summed E-state index contributed by atoms with van der Waals surface area (Å²) in [4.78, 5) is 4.40. The highest BCUT2D eigenvalue weighted by atomic mass is 35.5. The molecule has 0 saturated carbocycles. The van der Waals surface area contributed by atoms with Crippen molar-refractivity contribution >= 4 is 23.4 Å². The van der Waals surface area contributed by atoms with Crippen molar-refractivity contribution in [2.24, 2.45) is 0 Å². The highest BCUT2D eigenvalue weighted by molar-refractivity contribution is 7.98. The summed E-state index contributed by atoms with van der Waals surface area (Å²) in [5, 5.41) is 17.0. The van der Waals surface area contributed by atoms with Crippen LogP contribution in [0, 0.1) is 25.2 Å². The highest BCUT2D eigenvalue weighted by Crippen LogP contribution is 2.26. The first-order valence-corrected chi connectivity index (χ1v) is 6.67. The molecule has 0 amide bonds. The summed E-state index contributed by atoms with van der Waals surface area (Å²) in [6.07, 6.45) is 0. The van der Waals surface area contributed by atoms with E-state index in [4.69, 9.17) is 16.9 Å². The van der Waals surface area contributed by atoms with Crippen LogP contribution in [0.25, 0.3) is 0 Å². The molecule has 1 N–H and O–H groups in total. The summed E-state index contributed by atoms with van der Waals surface area (Å²) in [6.45, 7) is 3.84. The average Bonchev–Trinajstić information content (AvgIpc) is 2.72. The number of H-pyrrole nitrogens is 1. The van der Waals surface area contributed by atoms with Gasteiger partial charge in [-0.15, -0.1) is 0 Å². The average molecular weight is 279 g/mol. The molecule has 18 heavy (non-hydrogen) atoms. The number of aryl methyl sites for hydroxylation is 2. The predicted molar refractivity (Wildman–Crippen MR) is 71.6 cm³/mol. The van der Waals surface area contributed by atoms with Gasteiger partial charge in [0.15, 0.2) is 5.15 Å². The Morgan fingerprint density at radius 1 is 1.44 bits per heavy atom. The van der Waals surface area contributed by atoms with Crippen molar-refractivity contribution in [3.8, 4) is 6.07 Å². The lowest BCUT2D eigenvalue weighted by atomic mass is 10.1. The number of aromatic nitrogens is 3. The van der Waals surface area contributed by atoms with Gasteiger partial charge >= 0.3 is 0 Å². The minimum Gasteiger partial charge on any atom is -0.280 e. The number of thioether (sulfide) groups is 1. The van der Waals surface area contributed by atoms with Gasteiger partial charge in [0.1, 0.15) is 11.1 Å². The number of hydrogen-bond acceptors (Lipinski definition) is 4. The molecule has 0 unspecified atom stereocenters. The van der Waals surface area contributed by atoms with Gasteiger partial charge in [-0.2, -0.15) is 10.4 Å². The van der Waals surface area contributed by atoms with Crippen molar-refractivity contribution in [2.45, 2.75) is 24.6 Å². The quantitative estimate of drug-likeness (QED) is 0.876. The maximum Gasteiger partial charge on any atom is 0.151 e. The van der Waals surface area contributed by atoms with E-state index >= 15 is 0 Å². The molecular weight excluding hydrogens is 268 g/mol. The van der Waals surface area contributed by atoms with Crippen LogP contribution in [-0.2, 0) is 5.75 Å². The number of nitriles is 1. The van der Waals surface area contributed by atoms with E-state index in [1.165, 1.54) is 11.8 Å². The predicted octanol–water partition coefficient (Wildman–Crippen LogP) is 3.24. The molecule has 2 aromatic heterocycles. The Bertz CT molecular complexity index is 615. The smallest absolute Gasteiger partial charge is 0.151 e. The van der Waals surface area contributed by atoms with Crippen LogP contribution in [-0.4, -0.2) is 15.2 Å². The number of nitrogens with zero attached hydrogens (tertiary/aromatic N) is 3. The SMILES string of the molecule is Cc1cc(C)c(C#N)c(SCc2cc(Cl)n[nH]2)n1. The van der Waals surface area contributed by atoms with Crippen LogP contribution in [0.1, 0.15) is 22.5 Å².